The van der Waals surface area contributed by atoms with Gasteiger partial charge in [-0.15, -0.1) is 0 Å². The third kappa shape index (κ3) is 5.18. The Balaban J connectivity index is 3.44. The van der Waals surface area contributed by atoms with E-state index in [1.165, 1.54) is 0 Å². The SMILES string of the molecule is CC[C@H](C[C@@H](C)OCO)NC. The molecule has 0 rings (SSSR count). The molecule has 0 aliphatic carbocycles. The van der Waals surface area contributed by atoms with Crippen LogP contribution in [0.25, 0.3) is 0 Å². The van der Waals surface area contributed by atoms with Crippen molar-refractivity contribution in [3.05, 3.63) is 0 Å². The standard InChI is InChI=1S/C8H19NO2/c1-4-8(9-3)5-7(2)11-6-10/h7-10H,4-6H2,1-3H3/t7-,8-/m1/s1. The van der Waals surface area contributed by atoms with Crippen LogP contribution < -0.4 is 5.32 Å². The topological polar surface area (TPSA) is 41.5 Å². The zero-order chi connectivity index (χ0) is 8.69. The second-order valence-electron chi connectivity index (χ2n) is 2.74. The molecule has 0 aromatic rings. The zero-order valence-electron chi connectivity index (χ0n) is 7.63. The van der Waals surface area contributed by atoms with Crippen LogP contribution in [0.3, 0.4) is 0 Å². The molecule has 0 saturated carbocycles. The summed E-state index contributed by atoms with van der Waals surface area (Å²) in [6.07, 6.45) is 2.18. The average Bonchev–Trinajstić information content (AvgIpc) is 2.01. The molecule has 68 valence electrons. The van der Waals surface area contributed by atoms with Crippen molar-refractivity contribution in [1.29, 1.82) is 0 Å². The van der Waals surface area contributed by atoms with E-state index in [4.69, 9.17) is 9.84 Å². The van der Waals surface area contributed by atoms with Gasteiger partial charge in [-0.3, -0.25) is 0 Å². The lowest BCUT2D eigenvalue weighted by Crippen LogP contribution is -2.29. The predicted octanol–water partition coefficient (Wildman–Crippen LogP) is 0.729. The Morgan fingerprint density at radius 2 is 2.18 bits per heavy atom. The van der Waals surface area contributed by atoms with Crippen molar-refractivity contribution in [2.75, 3.05) is 13.8 Å². The summed E-state index contributed by atoms with van der Waals surface area (Å²) in [5.41, 5.74) is 0. The lowest BCUT2D eigenvalue weighted by molar-refractivity contribution is -0.0480. The van der Waals surface area contributed by atoms with Gasteiger partial charge in [0.2, 0.25) is 0 Å². The van der Waals surface area contributed by atoms with Gasteiger partial charge < -0.3 is 15.2 Å². The van der Waals surface area contributed by atoms with Crippen LogP contribution in [-0.4, -0.2) is 31.1 Å². The Bertz CT molecular complexity index is 84.2. The summed E-state index contributed by atoms with van der Waals surface area (Å²) >= 11 is 0. The first kappa shape index (κ1) is 10.9. The minimum atomic E-state index is -0.179. The fourth-order valence-corrected chi connectivity index (χ4v) is 1.08. The smallest absolute Gasteiger partial charge is 0.143 e. The van der Waals surface area contributed by atoms with Crippen LogP contribution in [0.5, 0.6) is 0 Å². The summed E-state index contributed by atoms with van der Waals surface area (Å²) in [5.74, 6) is 0. The summed E-state index contributed by atoms with van der Waals surface area (Å²) < 4.78 is 4.99. The molecular formula is C8H19NO2. The molecule has 3 heteroatoms. The third-order valence-corrected chi connectivity index (χ3v) is 1.88. The molecule has 0 saturated heterocycles. The van der Waals surface area contributed by atoms with E-state index in [9.17, 15) is 0 Å². The molecule has 0 spiro atoms. The Kier molecular flexibility index (Phi) is 6.51. The second kappa shape index (κ2) is 6.58. The van der Waals surface area contributed by atoms with Crippen LogP contribution in [0.15, 0.2) is 0 Å². The van der Waals surface area contributed by atoms with E-state index in [0.29, 0.717) is 6.04 Å². The Hall–Kier alpha value is -0.120. The first-order chi connectivity index (χ1) is 5.24. The first-order valence-corrected chi connectivity index (χ1v) is 4.14. The summed E-state index contributed by atoms with van der Waals surface area (Å²) in [6.45, 7) is 3.92. The largest absolute Gasteiger partial charge is 0.371 e. The van der Waals surface area contributed by atoms with E-state index in [0.717, 1.165) is 12.8 Å². The minimum Gasteiger partial charge on any atom is -0.371 e. The van der Waals surface area contributed by atoms with E-state index >= 15 is 0 Å². The van der Waals surface area contributed by atoms with Gasteiger partial charge in [0.1, 0.15) is 6.79 Å². The molecule has 0 aromatic carbocycles. The van der Waals surface area contributed by atoms with Crippen molar-refractivity contribution < 1.29 is 9.84 Å². The van der Waals surface area contributed by atoms with Crippen molar-refractivity contribution in [2.45, 2.75) is 38.8 Å². The lowest BCUT2D eigenvalue weighted by atomic mass is 10.1. The van der Waals surface area contributed by atoms with Crippen molar-refractivity contribution in [3.63, 3.8) is 0 Å². The minimum absolute atomic E-state index is 0.136. The van der Waals surface area contributed by atoms with Gasteiger partial charge in [0.05, 0.1) is 6.10 Å². The lowest BCUT2D eigenvalue weighted by Gasteiger charge is -2.18. The maximum Gasteiger partial charge on any atom is 0.143 e. The number of rotatable bonds is 6. The highest BCUT2D eigenvalue weighted by molar-refractivity contribution is 4.65. The molecule has 0 amide bonds. The second-order valence-corrected chi connectivity index (χ2v) is 2.74. The molecule has 0 heterocycles. The Labute approximate surface area is 68.8 Å². The molecule has 0 aliphatic rings. The number of aliphatic hydroxyl groups excluding tert-OH is 1. The van der Waals surface area contributed by atoms with Gasteiger partial charge in [-0.1, -0.05) is 6.92 Å². The van der Waals surface area contributed by atoms with Crippen LogP contribution in [0.2, 0.25) is 0 Å². The van der Waals surface area contributed by atoms with E-state index in [2.05, 4.69) is 12.2 Å². The van der Waals surface area contributed by atoms with Crippen molar-refractivity contribution in [1.82, 2.24) is 5.32 Å². The van der Waals surface area contributed by atoms with Crippen LogP contribution in [0.1, 0.15) is 26.7 Å². The molecular weight excluding hydrogens is 142 g/mol. The fourth-order valence-electron chi connectivity index (χ4n) is 1.08. The van der Waals surface area contributed by atoms with E-state index < -0.39 is 0 Å². The van der Waals surface area contributed by atoms with Gasteiger partial charge in [0.25, 0.3) is 0 Å². The molecule has 2 atom stereocenters. The molecule has 11 heavy (non-hydrogen) atoms. The molecule has 0 aliphatic heterocycles. The zero-order valence-corrected chi connectivity index (χ0v) is 7.63. The van der Waals surface area contributed by atoms with E-state index in [-0.39, 0.29) is 12.9 Å². The summed E-state index contributed by atoms with van der Waals surface area (Å²) in [6, 6.07) is 0.497. The average molecular weight is 161 g/mol. The molecule has 0 fully saturated rings. The quantitative estimate of drug-likeness (QED) is 0.564. The van der Waals surface area contributed by atoms with Gasteiger partial charge in [-0.05, 0) is 26.8 Å². The van der Waals surface area contributed by atoms with Gasteiger partial charge in [-0.25, -0.2) is 0 Å². The number of ether oxygens (including phenoxy) is 1. The van der Waals surface area contributed by atoms with Gasteiger partial charge in [0.15, 0.2) is 0 Å². The Morgan fingerprint density at radius 3 is 2.55 bits per heavy atom. The molecule has 2 N–H and O–H groups in total. The van der Waals surface area contributed by atoms with Gasteiger partial charge >= 0.3 is 0 Å². The highest BCUT2D eigenvalue weighted by Gasteiger charge is 2.08. The first-order valence-electron chi connectivity index (χ1n) is 4.14. The van der Waals surface area contributed by atoms with Gasteiger partial charge in [-0.2, -0.15) is 0 Å². The summed E-state index contributed by atoms with van der Waals surface area (Å²) in [5, 5.41) is 11.6. The third-order valence-electron chi connectivity index (χ3n) is 1.88. The molecule has 3 nitrogen and oxygen atoms in total. The Morgan fingerprint density at radius 1 is 1.55 bits per heavy atom. The van der Waals surface area contributed by atoms with Crippen LogP contribution in [-0.2, 0) is 4.74 Å². The number of nitrogens with one attached hydrogen (secondary N) is 1. The van der Waals surface area contributed by atoms with E-state index in [1.807, 2.05) is 14.0 Å². The summed E-state index contributed by atoms with van der Waals surface area (Å²) in [4.78, 5) is 0. The molecule has 0 bridgehead atoms. The predicted molar refractivity (Wildman–Crippen MR) is 45.4 cm³/mol. The van der Waals surface area contributed by atoms with Crippen LogP contribution in [0, 0.1) is 0 Å². The van der Waals surface area contributed by atoms with Crippen LogP contribution in [0.4, 0.5) is 0 Å². The van der Waals surface area contributed by atoms with Crippen molar-refractivity contribution >= 4 is 0 Å². The number of hydrogen-bond acceptors (Lipinski definition) is 3. The number of aliphatic hydroxyl groups is 1. The maximum absolute atomic E-state index is 8.45. The summed E-state index contributed by atoms with van der Waals surface area (Å²) in [7, 11) is 1.94. The van der Waals surface area contributed by atoms with Crippen molar-refractivity contribution in [3.8, 4) is 0 Å². The van der Waals surface area contributed by atoms with E-state index in [1.54, 1.807) is 0 Å². The van der Waals surface area contributed by atoms with Crippen LogP contribution >= 0.6 is 0 Å². The molecule has 0 aromatic heterocycles. The maximum atomic E-state index is 8.45. The van der Waals surface area contributed by atoms with Crippen molar-refractivity contribution in [2.24, 2.45) is 0 Å². The fraction of sp³-hybridized carbons (Fsp3) is 1.00. The highest BCUT2D eigenvalue weighted by atomic mass is 16.6. The monoisotopic (exact) mass is 161 g/mol. The molecule has 0 unspecified atom stereocenters. The molecule has 0 radical (unpaired) electrons. The van der Waals surface area contributed by atoms with Gasteiger partial charge in [0, 0.05) is 6.04 Å². The highest BCUT2D eigenvalue weighted by Crippen LogP contribution is 2.04. The normalized spacial score (nSPS) is 16.4. The number of hydrogen-bond donors (Lipinski definition) is 2.